The van der Waals surface area contributed by atoms with Gasteiger partial charge in [0.2, 0.25) is 0 Å². The quantitative estimate of drug-likeness (QED) is 0.722. The predicted molar refractivity (Wildman–Crippen MR) is 95.7 cm³/mol. The summed E-state index contributed by atoms with van der Waals surface area (Å²) in [6.07, 6.45) is 1.91. The van der Waals surface area contributed by atoms with Gasteiger partial charge >= 0.3 is 11.9 Å². The number of methoxy groups -OCH3 is 1. The normalized spacial score (nSPS) is 10.8. The molecule has 0 fully saturated rings. The lowest BCUT2D eigenvalue weighted by Crippen LogP contribution is -2.13. The fourth-order valence-corrected chi connectivity index (χ4v) is 2.96. The Hall–Kier alpha value is -2.56. The molecular formula is C20H25NO4. The van der Waals surface area contributed by atoms with Crippen molar-refractivity contribution in [3.05, 3.63) is 58.9 Å². The highest BCUT2D eigenvalue weighted by Crippen LogP contribution is 2.28. The number of carbonyl (C=O) groups is 2. The topological polar surface area (TPSA) is 57.5 Å². The van der Waals surface area contributed by atoms with Crippen LogP contribution in [0.15, 0.2) is 36.5 Å². The van der Waals surface area contributed by atoms with Gasteiger partial charge in [-0.2, -0.15) is 0 Å². The lowest BCUT2D eigenvalue weighted by atomic mass is 9.97. The summed E-state index contributed by atoms with van der Waals surface area (Å²) in [5, 5.41) is 0. The van der Waals surface area contributed by atoms with E-state index in [2.05, 4.69) is 0 Å². The van der Waals surface area contributed by atoms with Crippen LogP contribution in [0, 0.1) is 0 Å². The van der Waals surface area contributed by atoms with E-state index in [0.29, 0.717) is 18.7 Å². The Kier molecular flexibility index (Phi) is 6.39. The third-order valence-corrected chi connectivity index (χ3v) is 4.04. The summed E-state index contributed by atoms with van der Waals surface area (Å²) in [6.45, 7) is 6.68. The summed E-state index contributed by atoms with van der Waals surface area (Å²) in [5.74, 6) is -0.607. The van der Waals surface area contributed by atoms with Gasteiger partial charge in [0.25, 0.3) is 0 Å². The van der Waals surface area contributed by atoms with E-state index in [-0.39, 0.29) is 24.3 Å². The van der Waals surface area contributed by atoms with Crippen molar-refractivity contribution in [1.82, 2.24) is 4.57 Å². The molecule has 0 saturated carbocycles. The van der Waals surface area contributed by atoms with Gasteiger partial charge in [-0.25, -0.2) is 4.79 Å². The highest BCUT2D eigenvalue weighted by molar-refractivity contribution is 5.92. The van der Waals surface area contributed by atoms with Crippen LogP contribution in [0.3, 0.4) is 0 Å². The van der Waals surface area contributed by atoms with E-state index in [1.807, 2.05) is 48.7 Å². The molecule has 0 amide bonds. The molecule has 1 aromatic heterocycles. The molecule has 5 heteroatoms. The Labute approximate surface area is 148 Å². The second-order valence-electron chi connectivity index (χ2n) is 6.14. The molecule has 0 N–H and O–H groups in total. The number of esters is 2. The third-order valence-electron chi connectivity index (χ3n) is 4.04. The van der Waals surface area contributed by atoms with Crippen LogP contribution in [0.1, 0.15) is 53.9 Å². The minimum atomic E-state index is -0.357. The summed E-state index contributed by atoms with van der Waals surface area (Å²) >= 11 is 0. The van der Waals surface area contributed by atoms with Crippen molar-refractivity contribution in [2.75, 3.05) is 13.7 Å². The molecule has 0 bridgehead atoms. The first-order chi connectivity index (χ1) is 12.0. The van der Waals surface area contributed by atoms with Crippen molar-refractivity contribution in [1.29, 1.82) is 0 Å². The molecule has 2 rings (SSSR count). The number of aromatic nitrogens is 1. The zero-order valence-corrected chi connectivity index (χ0v) is 15.2. The van der Waals surface area contributed by atoms with Crippen LogP contribution >= 0.6 is 0 Å². The Morgan fingerprint density at radius 3 is 2.40 bits per heavy atom. The molecule has 0 aliphatic rings. The Morgan fingerprint density at radius 1 is 1.16 bits per heavy atom. The number of ether oxygens (including phenoxy) is 2. The summed E-state index contributed by atoms with van der Waals surface area (Å²) in [4.78, 5) is 24.3. The maximum Gasteiger partial charge on any atom is 0.339 e. The van der Waals surface area contributed by atoms with E-state index in [1.165, 1.54) is 7.11 Å². The van der Waals surface area contributed by atoms with E-state index >= 15 is 0 Å². The summed E-state index contributed by atoms with van der Waals surface area (Å²) in [6, 6.07) is 9.92. The standard InChI is InChI=1S/C20H25NO4/c1-5-25-20(23)16-13-21(12-15-9-7-6-8-10-15)17(11-18(22)24-4)19(16)14(2)3/h6-10,13-14H,5,11-12H2,1-4H3. The van der Waals surface area contributed by atoms with Gasteiger partial charge in [-0.3, -0.25) is 4.79 Å². The molecule has 0 unspecified atom stereocenters. The minimum Gasteiger partial charge on any atom is -0.469 e. The van der Waals surface area contributed by atoms with Gasteiger partial charge in [-0.1, -0.05) is 44.2 Å². The molecule has 0 atom stereocenters. The highest BCUT2D eigenvalue weighted by Gasteiger charge is 2.25. The van der Waals surface area contributed by atoms with Crippen LogP contribution in [0.25, 0.3) is 0 Å². The molecule has 0 aliphatic carbocycles. The SMILES string of the molecule is CCOC(=O)c1cn(Cc2ccccc2)c(CC(=O)OC)c1C(C)C. The molecule has 2 aromatic rings. The van der Waals surface area contributed by atoms with Gasteiger partial charge < -0.3 is 14.0 Å². The second kappa shape index (κ2) is 8.51. The lowest BCUT2D eigenvalue weighted by Gasteiger charge is -2.13. The minimum absolute atomic E-state index is 0.0797. The van der Waals surface area contributed by atoms with Gasteiger partial charge in [0.1, 0.15) is 0 Å². The maximum atomic E-state index is 12.4. The van der Waals surface area contributed by atoms with Crippen molar-refractivity contribution in [3.8, 4) is 0 Å². The number of benzene rings is 1. The van der Waals surface area contributed by atoms with Crippen molar-refractivity contribution in [2.45, 2.75) is 39.7 Å². The number of hydrogen-bond donors (Lipinski definition) is 0. The smallest absolute Gasteiger partial charge is 0.339 e. The van der Waals surface area contributed by atoms with E-state index in [9.17, 15) is 9.59 Å². The van der Waals surface area contributed by atoms with Crippen molar-refractivity contribution in [3.63, 3.8) is 0 Å². The second-order valence-corrected chi connectivity index (χ2v) is 6.14. The average molecular weight is 343 g/mol. The number of hydrogen-bond acceptors (Lipinski definition) is 4. The van der Waals surface area contributed by atoms with Gasteiger partial charge in [-0.15, -0.1) is 0 Å². The maximum absolute atomic E-state index is 12.4. The fraction of sp³-hybridized carbons (Fsp3) is 0.400. The van der Waals surface area contributed by atoms with Crippen molar-refractivity contribution in [2.24, 2.45) is 0 Å². The summed E-state index contributed by atoms with van der Waals surface area (Å²) in [5.41, 5.74) is 3.26. The van der Waals surface area contributed by atoms with E-state index in [4.69, 9.17) is 9.47 Å². The molecular weight excluding hydrogens is 318 g/mol. The Morgan fingerprint density at radius 2 is 1.84 bits per heavy atom. The summed E-state index contributed by atoms with van der Waals surface area (Å²) in [7, 11) is 1.37. The molecule has 0 spiro atoms. The van der Waals surface area contributed by atoms with Crippen LogP contribution in [-0.4, -0.2) is 30.2 Å². The average Bonchev–Trinajstić information content (AvgIpc) is 2.94. The molecule has 5 nitrogen and oxygen atoms in total. The first-order valence-electron chi connectivity index (χ1n) is 8.47. The first-order valence-corrected chi connectivity index (χ1v) is 8.47. The molecule has 0 saturated heterocycles. The largest absolute Gasteiger partial charge is 0.469 e. The number of carbonyl (C=O) groups excluding carboxylic acids is 2. The number of rotatable bonds is 7. The Bertz CT molecular complexity index is 732. The number of nitrogens with zero attached hydrogens (tertiary/aromatic N) is 1. The van der Waals surface area contributed by atoms with Crippen LogP contribution in [0.5, 0.6) is 0 Å². The van der Waals surface area contributed by atoms with Crippen LogP contribution in [0.4, 0.5) is 0 Å². The van der Waals surface area contributed by atoms with Crippen molar-refractivity contribution < 1.29 is 19.1 Å². The van der Waals surface area contributed by atoms with Gasteiger partial charge in [0.15, 0.2) is 0 Å². The first kappa shape index (κ1) is 18.8. The monoisotopic (exact) mass is 343 g/mol. The van der Waals surface area contributed by atoms with Gasteiger partial charge in [-0.05, 0) is 24.0 Å². The van der Waals surface area contributed by atoms with Crippen LogP contribution < -0.4 is 0 Å². The van der Waals surface area contributed by atoms with Gasteiger partial charge in [0, 0.05) is 18.4 Å². The lowest BCUT2D eigenvalue weighted by molar-refractivity contribution is -0.139. The molecule has 1 heterocycles. The molecule has 0 aliphatic heterocycles. The molecule has 134 valence electrons. The summed E-state index contributed by atoms with van der Waals surface area (Å²) < 4.78 is 12.0. The van der Waals surface area contributed by atoms with Gasteiger partial charge in [0.05, 0.1) is 25.7 Å². The Balaban J connectivity index is 2.53. The molecule has 0 radical (unpaired) electrons. The van der Waals surface area contributed by atoms with E-state index in [0.717, 1.165) is 16.8 Å². The highest BCUT2D eigenvalue weighted by atomic mass is 16.5. The predicted octanol–water partition coefficient (Wildman–Crippen LogP) is 3.55. The van der Waals surface area contributed by atoms with Crippen LogP contribution in [0.2, 0.25) is 0 Å². The fourth-order valence-electron chi connectivity index (χ4n) is 2.96. The zero-order chi connectivity index (χ0) is 18.4. The molecule has 1 aromatic carbocycles. The molecule has 25 heavy (non-hydrogen) atoms. The van der Waals surface area contributed by atoms with E-state index < -0.39 is 0 Å². The van der Waals surface area contributed by atoms with E-state index in [1.54, 1.807) is 13.1 Å². The zero-order valence-electron chi connectivity index (χ0n) is 15.2. The third kappa shape index (κ3) is 4.50. The van der Waals surface area contributed by atoms with Crippen LogP contribution in [-0.2, 0) is 27.2 Å². The van der Waals surface area contributed by atoms with Crippen molar-refractivity contribution >= 4 is 11.9 Å².